The van der Waals surface area contributed by atoms with E-state index in [1.54, 1.807) is 0 Å². The first-order valence-corrected chi connectivity index (χ1v) is 4.79. The van der Waals surface area contributed by atoms with Crippen LogP contribution in [-0.4, -0.2) is 30.8 Å². The van der Waals surface area contributed by atoms with E-state index in [9.17, 15) is 14.9 Å². The van der Waals surface area contributed by atoms with Crippen LogP contribution < -0.4 is 0 Å². The van der Waals surface area contributed by atoms with Crippen molar-refractivity contribution in [3.05, 3.63) is 34.3 Å². The second-order valence-corrected chi connectivity index (χ2v) is 3.68. The number of hydrogen-bond acceptors (Lipinski definition) is 6. The highest BCUT2D eigenvalue weighted by Crippen LogP contribution is 2.23. The number of nitro groups is 1. The average Bonchev–Trinajstić information content (AvgIpc) is 2.86. The minimum Gasteiger partial charge on any atom is -0.476 e. The number of thiazole rings is 1. The van der Waals surface area contributed by atoms with E-state index in [1.165, 1.54) is 16.9 Å². The summed E-state index contributed by atoms with van der Waals surface area (Å²) >= 11 is 0.816. The predicted octanol–water partition coefficient (Wildman–Crippen LogP) is 0.935. The molecule has 0 atom stereocenters. The Hall–Kier alpha value is -2.29. The van der Waals surface area contributed by atoms with Crippen molar-refractivity contribution in [3.8, 4) is 5.13 Å². The molecule has 2 aromatic heterocycles. The van der Waals surface area contributed by atoms with E-state index < -0.39 is 10.9 Å². The van der Waals surface area contributed by atoms with Gasteiger partial charge in [-0.1, -0.05) is 0 Å². The standard InChI is InChI=1S/C7H4N4O4S/c12-6(13)4-1-2-10(9-4)7-8-3-5(16-7)11(14)15/h1-3H,(H,12,13). The second kappa shape index (κ2) is 3.70. The number of carboxylic acid groups (broad SMARTS) is 1. The minimum absolute atomic E-state index is 0.123. The summed E-state index contributed by atoms with van der Waals surface area (Å²) in [5.41, 5.74) is -0.141. The maximum Gasteiger partial charge on any atom is 0.356 e. The van der Waals surface area contributed by atoms with Crippen molar-refractivity contribution >= 4 is 22.3 Å². The molecule has 2 heterocycles. The Morgan fingerprint density at radius 3 is 2.88 bits per heavy atom. The van der Waals surface area contributed by atoms with Gasteiger partial charge in [-0.15, -0.1) is 0 Å². The molecule has 0 saturated heterocycles. The van der Waals surface area contributed by atoms with Crippen LogP contribution in [0.3, 0.4) is 0 Å². The van der Waals surface area contributed by atoms with Gasteiger partial charge in [0.15, 0.2) is 5.69 Å². The molecular weight excluding hydrogens is 236 g/mol. The Kier molecular flexibility index (Phi) is 2.37. The van der Waals surface area contributed by atoms with E-state index in [1.807, 2.05) is 0 Å². The molecule has 9 heteroatoms. The normalized spacial score (nSPS) is 10.2. The van der Waals surface area contributed by atoms with E-state index >= 15 is 0 Å². The van der Waals surface area contributed by atoms with Crippen molar-refractivity contribution in [2.45, 2.75) is 0 Å². The molecule has 0 aliphatic heterocycles. The molecule has 0 aliphatic carbocycles. The molecule has 2 aromatic rings. The largest absolute Gasteiger partial charge is 0.476 e. The highest BCUT2D eigenvalue weighted by atomic mass is 32.1. The summed E-state index contributed by atoms with van der Waals surface area (Å²) in [5.74, 6) is -1.16. The molecule has 0 spiro atoms. The number of carboxylic acids is 1. The quantitative estimate of drug-likeness (QED) is 0.631. The van der Waals surface area contributed by atoms with Crippen LogP contribution in [0.15, 0.2) is 18.5 Å². The molecule has 0 bridgehead atoms. The van der Waals surface area contributed by atoms with Gasteiger partial charge in [0.25, 0.3) is 0 Å². The molecule has 1 N–H and O–H groups in total. The Morgan fingerprint density at radius 2 is 2.38 bits per heavy atom. The number of nitrogens with zero attached hydrogens (tertiary/aromatic N) is 4. The van der Waals surface area contributed by atoms with Crippen LogP contribution in [0.25, 0.3) is 5.13 Å². The fraction of sp³-hybridized carbons (Fsp3) is 0. The lowest BCUT2D eigenvalue weighted by molar-refractivity contribution is -0.380. The first-order chi connectivity index (χ1) is 7.58. The monoisotopic (exact) mass is 240 g/mol. The lowest BCUT2D eigenvalue weighted by Crippen LogP contribution is -2.00. The summed E-state index contributed by atoms with van der Waals surface area (Å²) in [6.45, 7) is 0. The Labute approximate surface area is 91.9 Å². The van der Waals surface area contributed by atoms with E-state index in [0.717, 1.165) is 17.5 Å². The molecule has 2 rings (SSSR count). The highest BCUT2D eigenvalue weighted by molar-refractivity contribution is 7.17. The molecular formula is C7H4N4O4S. The van der Waals surface area contributed by atoms with Crippen molar-refractivity contribution in [2.24, 2.45) is 0 Å². The Bertz CT molecular complexity index is 510. The van der Waals surface area contributed by atoms with Crippen LogP contribution in [0.1, 0.15) is 10.5 Å². The van der Waals surface area contributed by atoms with Gasteiger partial charge in [0.2, 0.25) is 5.13 Å². The van der Waals surface area contributed by atoms with Gasteiger partial charge in [-0.25, -0.2) is 14.5 Å². The SMILES string of the molecule is O=C(O)c1ccn(-c2ncc([N+](=O)[O-])s2)n1. The number of aromatic nitrogens is 3. The van der Waals surface area contributed by atoms with Crippen LogP contribution in [0, 0.1) is 10.1 Å². The van der Waals surface area contributed by atoms with Crippen molar-refractivity contribution in [1.29, 1.82) is 0 Å². The minimum atomic E-state index is -1.16. The molecule has 82 valence electrons. The maximum absolute atomic E-state index is 10.6. The van der Waals surface area contributed by atoms with Crippen LogP contribution in [0.2, 0.25) is 0 Å². The van der Waals surface area contributed by atoms with Crippen LogP contribution in [0.5, 0.6) is 0 Å². The summed E-state index contributed by atoms with van der Waals surface area (Å²) in [4.78, 5) is 24.2. The maximum atomic E-state index is 10.6. The number of hydrogen-bond donors (Lipinski definition) is 1. The first kappa shape index (κ1) is 10.2. The number of rotatable bonds is 3. The van der Waals surface area contributed by atoms with E-state index in [-0.39, 0.29) is 15.8 Å². The molecule has 0 saturated carbocycles. The van der Waals surface area contributed by atoms with E-state index in [4.69, 9.17) is 5.11 Å². The third kappa shape index (κ3) is 1.75. The van der Waals surface area contributed by atoms with Crippen LogP contribution >= 0.6 is 11.3 Å². The van der Waals surface area contributed by atoms with Gasteiger partial charge in [0.05, 0.1) is 4.92 Å². The van der Waals surface area contributed by atoms with Gasteiger partial charge in [-0.05, 0) is 17.4 Å². The molecule has 0 aromatic carbocycles. The molecule has 0 amide bonds. The lowest BCUT2D eigenvalue weighted by Gasteiger charge is -1.91. The third-order valence-corrected chi connectivity index (χ3v) is 2.60. The van der Waals surface area contributed by atoms with Gasteiger partial charge >= 0.3 is 11.0 Å². The highest BCUT2D eigenvalue weighted by Gasteiger charge is 2.14. The van der Waals surface area contributed by atoms with Crippen molar-refractivity contribution in [2.75, 3.05) is 0 Å². The summed E-state index contributed by atoms with van der Waals surface area (Å²) in [7, 11) is 0. The van der Waals surface area contributed by atoms with E-state index in [2.05, 4.69) is 10.1 Å². The molecule has 0 unspecified atom stereocenters. The van der Waals surface area contributed by atoms with Gasteiger partial charge in [0.1, 0.15) is 6.20 Å². The summed E-state index contributed by atoms with van der Waals surface area (Å²) in [6, 6.07) is 1.29. The van der Waals surface area contributed by atoms with Gasteiger partial charge in [-0.3, -0.25) is 10.1 Å². The molecule has 8 nitrogen and oxygen atoms in total. The summed E-state index contributed by atoms with van der Waals surface area (Å²) in [5, 5.41) is 22.9. The molecule has 0 fully saturated rings. The second-order valence-electron chi connectivity index (χ2n) is 2.69. The predicted molar refractivity (Wildman–Crippen MR) is 52.8 cm³/mol. The van der Waals surface area contributed by atoms with E-state index in [0.29, 0.717) is 0 Å². The zero-order valence-electron chi connectivity index (χ0n) is 7.60. The molecule has 16 heavy (non-hydrogen) atoms. The fourth-order valence-corrected chi connectivity index (χ4v) is 1.66. The van der Waals surface area contributed by atoms with Gasteiger partial charge in [-0.2, -0.15) is 5.10 Å². The van der Waals surface area contributed by atoms with Crippen LogP contribution in [0.4, 0.5) is 5.00 Å². The third-order valence-electron chi connectivity index (χ3n) is 1.67. The number of aromatic carboxylic acids is 1. The topological polar surface area (TPSA) is 111 Å². The molecule has 0 radical (unpaired) electrons. The Morgan fingerprint density at radius 1 is 1.62 bits per heavy atom. The van der Waals surface area contributed by atoms with Gasteiger partial charge in [0, 0.05) is 6.20 Å². The van der Waals surface area contributed by atoms with Crippen LogP contribution in [-0.2, 0) is 0 Å². The summed E-state index contributed by atoms with van der Waals surface area (Å²) in [6.07, 6.45) is 2.48. The zero-order chi connectivity index (χ0) is 11.7. The first-order valence-electron chi connectivity index (χ1n) is 3.97. The average molecular weight is 240 g/mol. The van der Waals surface area contributed by atoms with Crippen molar-refractivity contribution in [1.82, 2.24) is 14.8 Å². The van der Waals surface area contributed by atoms with Crippen molar-refractivity contribution in [3.63, 3.8) is 0 Å². The zero-order valence-corrected chi connectivity index (χ0v) is 8.42. The molecule has 0 aliphatic rings. The number of carbonyl (C=O) groups is 1. The summed E-state index contributed by atoms with van der Waals surface area (Å²) < 4.78 is 1.18. The lowest BCUT2D eigenvalue weighted by atomic mass is 10.5. The smallest absolute Gasteiger partial charge is 0.356 e. The van der Waals surface area contributed by atoms with Crippen molar-refractivity contribution < 1.29 is 14.8 Å². The van der Waals surface area contributed by atoms with Gasteiger partial charge < -0.3 is 5.11 Å². The Balaban J connectivity index is 2.35. The fourth-order valence-electron chi connectivity index (χ4n) is 0.992.